The van der Waals surface area contributed by atoms with Crippen molar-refractivity contribution in [3.05, 3.63) is 88.9 Å². The van der Waals surface area contributed by atoms with Crippen LogP contribution < -0.4 is 0 Å². The maximum atomic E-state index is 6.07. The maximum absolute atomic E-state index is 6.07. The predicted octanol–water partition coefficient (Wildman–Crippen LogP) is 6.72. The number of hydrogen-bond acceptors (Lipinski definition) is 1. The number of H-pyrrole nitrogens is 1. The van der Waals surface area contributed by atoms with E-state index in [1.165, 1.54) is 0 Å². The zero-order chi connectivity index (χ0) is 17.2. The quantitative estimate of drug-likeness (QED) is 0.429. The summed E-state index contributed by atoms with van der Waals surface area (Å²) in [5.74, 6) is 0. The summed E-state index contributed by atoms with van der Waals surface area (Å²) in [6.07, 6.45) is 0. The topological polar surface area (TPSA) is 28.7 Å². The molecule has 0 radical (unpaired) electrons. The van der Waals surface area contributed by atoms with Gasteiger partial charge in [0.15, 0.2) is 0 Å². The minimum Gasteiger partial charge on any atom is -0.277 e. The largest absolute Gasteiger partial charge is 0.277 e. The second kappa shape index (κ2) is 6.75. The van der Waals surface area contributed by atoms with Crippen LogP contribution in [0.15, 0.2) is 78.9 Å². The van der Waals surface area contributed by atoms with Gasteiger partial charge in [-0.1, -0.05) is 77.8 Å². The van der Waals surface area contributed by atoms with Crippen molar-refractivity contribution in [1.29, 1.82) is 0 Å². The second-order valence-corrected chi connectivity index (χ2v) is 6.57. The van der Waals surface area contributed by atoms with Crippen LogP contribution in [0.4, 0.5) is 0 Å². The highest BCUT2D eigenvalue weighted by Crippen LogP contribution is 2.38. The summed E-state index contributed by atoms with van der Waals surface area (Å²) in [5, 5.41) is 9.21. The first-order valence-electron chi connectivity index (χ1n) is 7.88. The van der Waals surface area contributed by atoms with Crippen molar-refractivity contribution in [1.82, 2.24) is 10.2 Å². The Morgan fingerprint density at radius 2 is 1.16 bits per heavy atom. The molecule has 2 nitrogen and oxygen atoms in total. The molecule has 0 amide bonds. The van der Waals surface area contributed by atoms with Crippen LogP contribution in [0.25, 0.3) is 33.6 Å². The fourth-order valence-corrected chi connectivity index (χ4v) is 3.12. The molecule has 0 atom stereocenters. The Hall–Kier alpha value is -2.55. The van der Waals surface area contributed by atoms with Crippen LogP contribution in [0.3, 0.4) is 0 Å². The zero-order valence-electron chi connectivity index (χ0n) is 13.2. The van der Waals surface area contributed by atoms with Crippen molar-refractivity contribution in [2.45, 2.75) is 0 Å². The Morgan fingerprint density at radius 1 is 0.600 bits per heavy atom. The molecule has 0 aliphatic heterocycles. The lowest BCUT2D eigenvalue weighted by atomic mass is 9.96. The van der Waals surface area contributed by atoms with E-state index in [-0.39, 0.29) is 0 Å². The van der Waals surface area contributed by atoms with Gasteiger partial charge in [0.25, 0.3) is 0 Å². The van der Waals surface area contributed by atoms with Gasteiger partial charge in [0.2, 0.25) is 0 Å². The van der Waals surface area contributed by atoms with Crippen LogP contribution in [0.2, 0.25) is 10.0 Å². The molecule has 1 heterocycles. The number of hydrogen-bond donors (Lipinski definition) is 1. The molecule has 0 spiro atoms. The Morgan fingerprint density at radius 3 is 1.76 bits per heavy atom. The molecule has 0 saturated heterocycles. The Labute approximate surface area is 156 Å². The predicted molar refractivity (Wildman–Crippen MR) is 105 cm³/mol. The van der Waals surface area contributed by atoms with Gasteiger partial charge in [0.1, 0.15) is 5.69 Å². The van der Waals surface area contributed by atoms with Gasteiger partial charge in [-0.2, -0.15) is 5.10 Å². The lowest BCUT2D eigenvalue weighted by molar-refractivity contribution is 1.10. The van der Waals surface area contributed by atoms with E-state index in [1.54, 1.807) is 0 Å². The van der Waals surface area contributed by atoms with E-state index in [0.717, 1.165) is 33.6 Å². The standard InChI is InChI=1S/C21H14Cl2N2/c22-17-10-6-14(7-11-17)19-20(15-4-2-1-3-5-15)24-25-21(19)16-8-12-18(23)13-9-16/h1-13H,(H,24,25). The number of rotatable bonds is 3. The van der Waals surface area contributed by atoms with Gasteiger partial charge >= 0.3 is 0 Å². The second-order valence-electron chi connectivity index (χ2n) is 5.70. The molecular weight excluding hydrogens is 351 g/mol. The minimum atomic E-state index is 0.708. The van der Waals surface area contributed by atoms with Crippen LogP contribution in [0.5, 0.6) is 0 Å². The zero-order valence-corrected chi connectivity index (χ0v) is 14.7. The molecule has 25 heavy (non-hydrogen) atoms. The van der Waals surface area contributed by atoms with Gasteiger partial charge in [-0.25, -0.2) is 0 Å². The van der Waals surface area contributed by atoms with E-state index in [0.29, 0.717) is 10.0 Å². The fourth-order valence-electron chi connectivity index (χ4n) is 2.87. The van der Waals surface area contributed by atoms with E-state index in [4.69, 9.17) is 23.2 Å². The van der Waals surface area contributed by atoms with Gasteiger partial charge < -0.3 is 0 Å². The molecule has 0 aliphatic carbocycles. The van der Waals surface area contributed by atoms with Crippen molar-refractivity contribution in [3.8, 4) is 33.6 Å². The van der Waals surface area contributed by atoms with Crippen molar-refractivity contribution in [3.63, 3.8) is 0 Å². The third-order valence-electron chi connectivity index (χ3n) is 4.08. The van der Waals surface area contributed by atoms with Gasteiger partial charge in [-0.15, -0.1) is 0 Å². The molecule has 122 valence electrons. The lowest BCUT2D eigenvalue weighted by Gasteiger charge is -2.07. The summed E-state index contributed by atoms with van der Waals surface area (Å²) >= 11 is 12.1. The monoisotopic (exact) mass is 364 g/mol. The molecule has 4 aromatic rings. The molecule has 3 aromatic carbocycles. The molecule has 0 fully saturated rings. The van der Waals surface area contributed by atoms with Crippen molar-refractivity contribution in [2.24, 2.45) is 0 Å². The molecule has 0 bridgehead atoms. The van der Waals surface area contributed by atoms with Gasteiger partial charge in [0, 0.05) is 26.7 Å². The average molecular weight is 365 g/mol. The highest BCUT2D eigenvalue weighted by molar-refractivity contribution is 6.31. The third-order valence-corrected chi connectivity index (χ3v) is 4.58. The first-order valence-corrected chi connectivity index (χ1v) is 8.63. The normalized spacial score (nSPS) is 10.8. The van der Waals surface area contributed by atoms with Crippen LogP contribution in [-0.4, -0.2) is 10.2 Å². The summed E-state index contributed by atoms with van der Waals surface area (Å²) in [5.41, 5.74) is 6.06. The molecule has 0 saturated carbocycles. The number of nitrogens with zero attached hydrogens (tertiary/aromatic N) is 1. The molecule has 4 heteroatoms. The first kappa shape index (κ1) is 15.9. The summed E-state index contributed by atoms with van der Waals surface area (Å²) in [7, 11) is 0. The Bertz CT molecular complexity index is 989. The molecule has 4 rings (SSSR count). The Balaban J connectivity index is 1.94. The van der Waals surface area contributed by atoms with E-state index >= 15 is 0 Å². The molecule has 1 aromatic heterocycles. The number of benzene rings is 3. The van der Waals surface area contributed by atoms with E-state index in [9.17, 15) is 0 Å². The van der Waals surface area contributed by atoms with Crippen LogP contribution in [0, 0.1) is 0 Å². The summed E-state index contributed by atoms with van der Waals surface area (Å²) in [4.78, 5) is 0. The number of nitrogens with one attached hydrogen (secondary N) is 1. The minimum absolute atomic E-state index is 0.708. The lowest BCUT2D eigenvalue weighted by Crippen LogP contribution is -1.85. The summed E-state index contributed by atoms with van der Waals surface area (Å²) < 4.78 is 0. The first-order chi connectivity index (χ1) is 12.2. The molecule has 1 N–H and O–H groups in total. The maximum Gasteiger partial charge on any atom is 0.101 e. The van der Waals surface area contributed by atoms with Gasteiger partial charge in [0.05, 0.1) is 5.69 Å². The SMILES string of the molecule is Clc1ccc(-c2[nH]nc(-c3ccccc3)c2-c2ccc(Cl)cc2)cc1. The third kappa shape index (κ3) is 3.19. The van der Waals surface area contributed by atoms with Crippen LogP contribution in [-0.2, 0) is 0 Å². The van der Waals surface area contributed by atoms with Crippen LogP contribution in [0.1, 0.15) is 0 Å². The highest BCUT2D eigenvalue weighted by atomic mass is 35.5. The smallest absolute Gasteiger partial charge is 0.101 e. The highest BCUT2D eigenvalue weighted by Gasteiger charge is 2.18. The van der Waals surface area contributed by atoms with Gasteiger partial charge in [-0.3, -0.25) is 5.10 Å². The van der Waals surface area contributed by atoms with E-state index in [1.807, 2.05) is 66.7 Å². The van der Waals surface area contributed by atoms with Crippen molar-refractivity contribution < 1.29 is 0 Å². The van der Waals surface area contributed by atoms with Gasteiger partial charge in [-0.05, 0) is 29.8 Å². The molecular formula is C21H14Cl2N2. The average Bonchev–Trinajstić information content (AvgIpc) is 3.09. The van der Waals surface area contributed by atoms with Crippen molar-refractivity contribution >= 4 is 23.2 Å². The van der Waals surface area contributed by atoms with Crippen LogP contribution >= 0.6 is 23.2 Å². The number of halogens is 2. The fraction of sp³-hybridized carbons (Fsp3) is 0. The molecule has 0 aliphatic rings. The number of aromatic amines is 1. The Kier molecular flexibility index (Phi) is 4.31. The number of aromatic nitrogens is 2. The van der Waals surface area contributed by atoms with Crippen molar-refractivity contribution in [2.75, 3.05) is 0 Å². The summed E-state index contributed by atoms with van der Waals surface area (Å²) in [6.45, 7) is 0. The van der Waals surface area contributed by atoms with E-state index in [2.05, 4.69) is 22.3 Å². The summed E-state index contributed by atoms with van der Waals surface area (Å²) in [6, 6.07) is 25.7. The molecule has 0 unspecified atom stereocenters. The van der Waals surface area contributed by atoms with E-state index < -0.39 is 0 Å².